The lowest BCUT2D eigenvalue weighted by atomic mass is 9.94. The summed E-state index contributed by atoms with van der Waals surface area (Å²) in [5.41, 5.74) is 7.31. The van der Waals surface area contributed by atoms with E-state index in [1.54, 1.807) is 0 Å². The van der Waals surface area contributed by atoms with Gasteiger partial charge in [-0.3, -0.25) is 4.79 Å². The maximum Gasteiger partial charge on any atom is 0.227 e. The van der Waals surface area contributed by atoms with Crippen molar-refractivity contribution in [2.24, 2.45) is 23.5 Å². The molecule has 0 radical (unpaired) electrons. The Hall–Kier alpha value is -1.06. The summed E-state index contributed by atoms with van der Waals surface area (Å²) in [6.45, 7) is 8.25. The van der Waals surface area contributed by atoms with E-state index in [9.17, 15) is 4.79 Å². The number of carbonyl (C=O) groups is 1. The lowest BCUT2D eigenvalue weighted by Crippen LogP contribution is -2.38. The van der Waals surface area contributed by atoms with Crippen LogP contribution >= 0.6 is 12.4 Å². The van der Waals surface area contributed by atoms with E-state index in [1.807, 2.05) is 42.2 Å². The molecule has 3 unspecified atom stereocenters. The molecule has 1 aliphatic heterocycles. The molecular formula is C18H29ClN2O. The molecule has 1 fully saturated rings. The lowest BCUT2D eigenvalue weighted by Gasteiger charge is -2.25. The molecule has 1 aromatic rings. The number of halogens is 1. The van der Waals surface area contributed by atoms with Crippen molar-refractivity contribution in [3.63, 3.8) is 0 Å². The number of carbonyl (C=O) groups excluding carboxylic acids is 1. The van der Waals surface area contributed by atoms with Crippen LogP contribution in [0.1, 0.15) is 45.2 Å². The maximum atomic E-state index is 12.6. The summed E-state index contributed by atoms with van der Waals surface area (Å²) in [6, 6.07) is 9.70. The standard InChI is InChI=1S/C18H28N2O.ClH/c1-13(2)11-15-9-10-20(12-15)18(21)14(3)17(19)16-7-5-4-6-8-16;/h4-8,13-15,17H,9-12,19H2,1-3H3;1H. The number of rotatable bonds is 5. The fourth-order valence-electron chi connectivity index (χ4n) is 3.30. The highest BCUT2D eigenvalue weighted by atomic mass is 35.5. The molecule has 0 aromatic heterocycles. The van der Waals surface area contributed by atoms with Crippen LogP contribution < -0.4 is 5.73 Å². The Bertz CT molecular complexity index is 463. The average Bonchev–Trinajstić information content (AvgIpc) is 2.93. The van der Waals surface area contributed by atoms with Gasteiger partial charge in [0, 0.05) is 19.1 Å². The second-order valence-corrected chi connectivity index (χ2v) is 6.79. The zero-order valence-electron chi connectivity index (χ0n) is 13.9. The molecule has 1 aliphatic rings. The van der Waals surface area contributed by atoms with Crippen molar-refractivity contribution >= 4 is 18.3 Å². The zero-order valence-corrected chi connectivity index (χ0v) is 14.7. The van der Waals surface area contributed by atoms with Crippen molar-refractivity contribution in [1.29, 1.82) is 0 Å². The van der Waals surface area contributed by atoms with Crippen LogP contribution in [0.3, 0.4) is 0 Å². The quantitative estimate of drug-likeness (QED) is 0.898. The van der Waals surface area contributed by atoms with Crippen molar-refractivity contribution in [2.45, 2.75) is 39.7 Å². The van der Waals surface area contributed by atoms with Gasteiger partial charge in [0.05, 0.1) is 5.92 Å². The van der Waals surface area contributed by atoms with E-state index in [0.29, 0.717) is 11.8 Å². The molecule has 3 nitrogen and oxygen atoms in total. The maximum absolute atomic E-state index is 12.6. The molecule has 1 heterocycles. The predicted molar refractivity (Wildman–Crippen MR) is 93.9 cm³/mol. The minimum absolute atomic E-state index is 0. The van der Waals surface area contributed by atoms with E-state index in [2.05, 4.69) is 13.8 Å². The Morgan fingerprint density at radius 1 is 1.27 bits per heavy atom. The van der Waals surface area contributed by atoms with Crippen molar-refractivity contribution in [1.82, 2.24) is 4.90 Å². The van der Waals surface area contributed by atoms with E-state index < -0.39 is 0 Å². The molecule has 2 rings (SSSR count). The van der Waals surface area contributed by atoms with Crippen molar-refractivity contribution in [2.75, 3.05) is 13.1 Å². The first-order valence-corrected chi connectivity index (χ1v) is 8.08. The fraction of sp³-hybridized carbons (Fsp3) is 0.611. The Morgan fingerprint density at radius 2 is 1.91 bits per heavy atom. The molecule has 1 aromatic carbocycles. The molecule has 0 saturated carbocycles. The Labute approximate surface area is 140 Å². The highest BCUT2D eigenvalue weighted by molar-refractivity contribution is 5.85. The second-order valence-electron chi connectivity index (χ2n) is 6.79. The molecule has 2 N–H and O–H groups in total. The van der Waals surface area contributed by atoms with Gasteiger partial charge in [0.2, 0.25) is 5.91 Å². The zero-order chi connectivity index (χ0) is 15.4. The van der Waals surface area contributed by atoms with Gasteiger partial charge >= 0.3 is 0 Å². The van der Waals surface area contributed by atoms with Gasteiger partial charge in [-0.2, -0.15) is 0 Å². The van der Waals surface area contributed by atoms with E-state index in [1.165, 1.54) is 6.42 Å². The van der Waals surface area contributed by atoms with Crippen LogP contribution in [0.5, 0.6) is 0 Å². The third-order valence-corrected chi connectivity index (χ3v) is 4.51. The average molecular weight is 325 g/mol. The first-order chi connectivity index (χ1) is 9.99. The highest BCUT2D eigenvalue weighted by Crippen LogP contribution is 2.27. The largest absolute Gasteiger partial charge is 0.342 e. The monoisotopic (exact) mass is 324 g/mol. The summed E-state index contributed by atoms with van der Waals surface area (Å²) < 4.78 is 0. The molecule has 0 bridgehead atoms. The van der Waals surface area contributed by atoms with Gasteiger partial charge < -0.3 is 10.6 Å². The molecule has 0 aliphatic carbocycles. The predicted octanol–water partition coefficient (Wildman–Crippen LogP) is 3.64. The van der Waals surface area contributed by atoms with Gasteiger partial charge in [0.25, 0.3) is 0 Å². The smallest absolute Gasteiger partial charge is 0.227 e. The molecule has 124 valence electrons. The second kappa shape index (κ2) is 8.54. The van der Waals surface area contributed by atoms with Crippen LogP contribution in [-0.2, 0) is 4.79 Å². The topological polar surface area (TPSA) is 46.3 Å². The molecule has 1 saturated heterocycles. The third-order valence-electron chi connectivity index (χ3n) is 4.51. The highest BCUT2D eigenvalue weighted by Gasteiger charge is 2.31. The van der Waals surface area contributed by atoms with Gasteiger partial charge in [-0.1, -0.05) is 51.1 Å². The van der Waals surface area contributed by atoms with Gasteiger partial charge in [0.1, 0.15) is 0 Å². The molecule has 4 heteroatoms. The van der Waals surface area contributed by atoms with Gasteiger partial charge in [-0.15, -0.1) is 12.4 Å². The summed E-state index contributed by atoms with van der Waals surface area (Å²) in [5, 5.41) is 0. The number of hydrogen-bond donors (Lipinski definition) is 1. The van der Waals surface area contributed by atoms with E-state index in [0.717, 1.165) is 25.1 Å². The molecule has 1 amide bonds. The van der Waals surface area contributed by atoms with Crippen LogP contribution in [0.2, 0.25) is 0 Å². The van der Waals surface area contributed by atoms with Crippen LogP contribution in [-0.4, -0.2) is 23.9 Å². The van der Waals surface area contributed by atoms with Crippen molar-refractivity contribution in [3.05, 3.63) is 35.9 Å². The summed E-state index contributed by atoms with van der Waals surface area (Å²) in [6.07, 6.45) is 2.35. The minimum atomic E-state index is -0.220. The van der Waals surface area contributed by atoms with Crippen LogP contribution in [0.25, 0.3) is 0 Å². The minimum Gasteiger partial charge on any atom is -0.342 e. The van der Waals surface area contributed by atoms with Crippen molar-refractivity contribution < 1.29 is 4.79 Å². The van der Waals surface area contributed by atoms with Gasteiger partial charge in [0.15, 0.2) is 0 Å². The van der Waals surface area contributed by atoms with Gasteiger partial charge in [-0.25, -0.2) is 0 Å². The molecule has 0 spiro atoms. The van der Waals surface area contributed by atoms with Crippen LogP contribution in [0.4, 0.5) is 0 Å². The number of hydrogen-bond acceptors (Lipinski definition) is 2. The van der Waals surface area contributed by atoms with Crippen LogP contribution in [0, 0.1) is 17.8 Å². The van der Waals surface area contributed by atoms with Crippen LogP contribution in [0.15, 0.2) is 30.3 Å². The lowest BCUT2D eigenvalue weighted by molar-refractivity contribution is -0.134. The SMILES string of the molecule is CC(C)CC1CCN(C(=O)C(C)C(N)c2ccccc2)C1.Cl. The third kappa shape index (κ3) is 4.72. The number of nitrogens with two attached hydrogens (primary N) is 1. The van der Waals surface area contributed by atoms with Crippen molar-refractivity contribution in [3.8, 4) is 0 Å². The number of likely N-dealkylation sites (tertiary alicyclic amines) is 1. The molecule has 3 atom stereocenters. The fourth-order valence-corrected chi connectivity index (χ4v) is 3.30. The summed E-state index contributed by atoms with van der Waals surface area (Å²) in [4.78, 5) is 14.7. The normalized spacial score (nSPS) is 20.6. The summed E-state index contributed by atoms with van der Waals surface area (Å²) in [7, 11) is 0. The first-order valence-electron chi connectivity index (χ1n) is 8.08. The van der Waals surface area contributed by atoms with E-state index in [4.69, 9.17) is 5.73 Å². The Morgan fingerprint density at radius 3 is 2.50 bits per heavy atom. The van der Waals surface area contributed by atoms with Gasteiger partial charge in [-0.05, 0) is 30.2 Å². The number of nitrogens with zero attached hydrogens (tertiary/aromatic N) is 1. The summed E-state index contributed by atoms with van der Waals surface area (Å²) in [5.74, 6) is 1.41. The Balaban J connectivity index is 0.00000242. The molecule has 22 heavy (non-hydrogen) atoms. The molecular weight excluding hydrogens is 296 g/mol. The number of amides is 1. The Kier molecular flexibility index (Phi) is 7.37. The van der Waals surface area contributed by atoms with E-state index >= 15 is 0 Å². The van der Waals surface area contributed by atoms with E-state index in [-0.39, 0.29) is 30.3 Å². The number of benzene rings is 1. The first kappa shape index (κ1) is 19.0. The summed E-state index contributed by atoms with van der Waals surface area (Å²) >= 11 is 0.